The van der Waals surface area contributed by atoms with Crippen LogP contribution >= 0.6 is 0 Å². The van der Waals surface area contributed by atoms with Crippen LogP contribution in [0.5, 0.6) is 11.5 Å². The Kier molecular flexibility index (Phi) is 5.30. The summed E-state index contributed by atoms with van der Waals surface area (Å²) >= 11 is 0. The lowest BCUT2D eigenvalue weighted by molar-refractivity contribution is -0.124. The molecule has 1 aliphatic rings. The van der Waals surface area contributed by atoms with Gasteiger partial charge in [0.25, 0.3) is 5.91 Å². The average molecular weight is 372 g/mol. The predicted octanol–water partition coefficient (Wildman–Crippen LogP) is 2.72. The first-order valence-corrected chi connectivity index (χ1v) is 8.56. The van der Waals surface area contributed by atoms with E-state index >= 15 is 0 Å². The third-order valence-corrected chi connectivity index (χ3v) is 4.70. The van der Waals surface area contributed by atoms with E-state index in [1.807, 2.05) is 0 Å². The first kappa shape index (κ1) is 18.7. The number of carbonyl (C=O) groups is 2. The molecule has 1 heterocycles. The van der Waals surface area contributed by atoms with Crippen molar-refractivity contribution < 1.29 is 23.5 Å². The molecule has 1 aliphatic heterocycles. The molecular formula is C20H21FN2O4. The zero-order valence-electron chi connectivity index (χ0n) is 15.4. The molecule has 3 rings (SSSR count). The standard InChI is InChI=1S/C20H21FN2O4/c1-13-19(24)23(17-9-8-14(26-2)12-18(17)27-3)11-10-22(13)20(25)15-6-4-5-7-16(15)21/h4-9,12-13H,10-11H2,1-3H3/t13-/m1/s1. The minimum Gasteiger partial charge on any atom is -0.497 e. The number of piperazine rings is 1. The Balaban J connectivity index is 1.85. The summed E-state index contributed by atoms with van der Waals surface area (Å²) in [6.45, 7) is 2.21. The molecule has 1 atom stereocenters. The summed E-state index contributed by atoms with van der Waals surface area (Å²) in [6.07, 6.45) is 0. The first-order chi connectivity index (χ1) is 13.0. The number of hydrogen-bond donors (Lipinski definition) is 0. The van der Waals surface area contributed by atoms with Crippen molar-refractivity contribution in [3.05, 3.63) is 53.8 Å². The number of amides is 2. The molecular weight excluding hydrogens is 351 g/mol. The molecule has 0 saturated carbocycles. The quantitative estimate of drug-likeness (QED) is 0.828. The van der Waals surface area contributed by atoms with Gasteiger partial charge in [-0.2, -0.15) is 0 Å². The maximum atomic E-state index is 14.0. The van der Waals surface area contributed by atoms with Gasteiger partial charge in [-0.3, -0.25) is 9.59 Å². The predicted molar refractivity (Wildman–Crippen MR) is 98.8 cm³/mol. The Hall–Kier alpha value is -3.09. The molecule has 0 radical (unpaired) electrons. The van der Waals surface area contributed by atoms with Gasteiger partial charge in [0.05, 0.1) is 25.5 Å². The fourth-order valence-corrected chi connectivity index (χ4v) is 3.18. The van der Waals surface area contributed by atoms with Gasteiger partial charge in [-0.25, -0.2) is 4.39 Å². The molecule has 0 unspecified atom stereocenters. The molecule has 0 N–H and O–H groups in total. The van der Waals surface area contributed by atoms with Crippen LogP contribution in [0.2, 0.25) is 0 Å². The van der Waals surface area contributed by atoms with Gasteiger partial charge in [-0.05, 0) is 31.2 Å². The van der Waals surface area contributed by atoms with Crippen LogP contribution in [-0.2, 0) is 4.79 Å². The lowest BCUT2D eigenvalue weighted by Gasteiger charge is -2.39. The van der Waals surface area contributed by atoms with Gasteiger partial charge >= 0.3 is 0 Å². The van der Waals surface area contributed by atoms with Gasteiger partial charge in [0.1, 0.15) is 23.4 Å². The van der Waals surface area contributed by atoms with Crippen LogP contribution < -0.4 is 14.4 Å². The van der Waals surface area contributed by atoms with E-state index in [9.17, 15) is 14.0 Å². The van der Waals surface area contributed by atoms with E-state index in [1.54, 1.807) is 43.2 Å². The van der Waals surface area contributed by atoms with E-state index in [0.29, 0.717) is 17.2 Å². The van der Waals surface area contributed by atoms with E-state index in [0.717, 1.165) is 0 Å². The van der Waals surface area contributed by atoms with E-state index in [2.05, 4.69) is 0 Å². The van der Waals surface area contributed by atoms with Gasteiger partial charge in [0.15, 0.2) is 0 Å². The summed E-state index contributed by atoms with van der Waals surface area (Å²) in [6, 6.07) is 10.2. The van der Waals surface area contributed by atoms with Gasteiger partial charge in [-0.1, -0.05) is 12.1 Å². The molecule has 142 valence electrons. The van der Waals surface area contributed by atoms with E-state index in [4.69, 9.17) is 9.47 Å². The van der Waals surface area contributed by atoms with E-state index < -0.39 is 17.8 Å². The Bertz CT molecular complexity index is 871. The van der Waals surface area contributed by atoms with E-state index in [1.165, 1.54) is 30.2 Å². The summed E-state index contributed by atoms with van der Waals surface area (Å²) in [5.41, 5.74) is 0.570. The Morgan fingerprint density at radius 2 is 1.85 bits per heavy atom. The van der Waals surface area contributed by atoms with Crippen molar-refractivity contribution in [3.63, 3.8) is 0 Å². The fraction of sp³-hybridized carbons (Fsp3) is 0.300. The number of anilines is 1. The van der Waals surface area contributed by atoms with Crippen molar-refractivity contribution in [3.8, 4) is 11.5 Å². The molecule has 27 heavy (non-hydrogen) atoms. The highest BCUT2D eigenvalue weighted by atomic mass is 19.1. The number of methoxy groups -OCH3 is 2. The van der Waals surface area contributed by atoms with Crippen molar-refractivity contribution in [2.75, 3.05) is 32.2 Å². The number of carbonyl (C=O) groups excluding carboxylic acids is 2. The van der Waals surface area contributed by atoms with Gasteiger partial charge in [0, 0.05) is 19.2 Å². The summed E-state index contributed by atoms with van der Waals surface area (Å²) in [7, 11) is 3.07. The molecule has 0 aromatic heterocycles. The number of rotatable bonds is 4. The topological polar surface area (TPSA) is 59.1 Å². The second kappa shape index (κ2) is 7.65. The molecule has 6 nitrogen and oxygen atoms in total. The second-order valence-electron chi connectivity index (χ2n) is 6.18. The summed E-state index contributed by atoms with van der Waals surface area (Å²) < 4.78 is 24.5. The zero-order chi connectivity index (χ0) is 19.6. The average Bonchev–Trinajstić information content (AvgIpc) is 2.69. The smallest absolute Gasteiger partial charge is 0.257 e. The molecule has 0 bridgehead atoms. The molecule has 2 amide bonds. The molecule has 2 aromatic rings. The molecule has 1 saturated heterocycles. The monoisotopic (exact) mass is 372 g/mol. The summed E-state index contributed by atoms with van der Waals surface area (Å²) in [5, 5.41) is 0. The Morgan fingerprint density at radius 3 is 2.52 bits per heavy atom. The number of hydrogen-bond acceptors (Lipinski definition) is 4. The van der Waals surface area contributed by atoms with Crippen molar-refractivity contribution >= 4 is 17.5 Å². The summed E-state index contributed by atoms with van der Waals surface area (Å²) in [4.78, 5) is 28.6. The number of ether oxygens (including phenoxy) is 2. The van der Waals surface area contributed by atoms with Crippen LogP contribution in [0.4, 0.5) is 10.1 Å². The normalized spacial score (nSPS) is 17.0. The highest BCUT2D eigenvalue weighted by Crippen LogP contribution is 2.34. The SMILES string of the molecule is COc1ccc(N2CCN(C(=O)c3ccccc3F)[C@H](C)C2=O)c(OC)c1. The van der Waals surface area contributed by atoms with E-state index in [-0.39, 0.29) is 24.6 Å². The lowest BCUT2D eigenvalue weighted by atomic mass is 10.1. The second-order valence-corrected chi connectivity index (χ2v) is 6.18. The van der Waals surface area contributed by atoms with Crippen LogP contribution in [0.3, 0.4) is 0 Å². The van der Waals surface area contributed by atoms with Crippen molar-refractivity contribution in [2.24, 2.45) is 0 Å². The minimum absolute atomic E-state index is 0.0346. The molecule has 0 aliphatic carbocycles. The molecule has 7 heteroatoms. The minimum atomic E-state index is -0.724. The van der Waals surface area contributed by atoms with Crippen LogP contribution in [0.15, 0.2) is 42.5 Å². The third-order valence-electron chi connectivity index (χ3n) is 4.70. The van der Waals surface area contributed by atoms with Crippen LogP contribution in [0, 0.1) is 5.82 Å². The summed E-state index contributed by atoms with van der Waals surface area (Å²) in [5.74, 6) is -0.223. The zero-order valence-corrected chi connectivity index (χ0v) is 15.4. The third kappa shape index (κ3) is 3.45. The van der Waals surface area contributed by atoms with Crippen LogP contribution in [-0.4, -0.2) is 50.1 Å². The molecule has 0 spiro atoms. The Labute approximate surface area is 157 Å². The lowest BCUT2D eigenvalue weighted by Crippen LogP contribution is -2.58. The maximum absolute atomic E-state index is 14.0. The van der Waals surface area contributed by atoms with Gasteiger partial charge < -0.3 is 19.3 Å². The van der Waals surface area contributed by atoms with Crippen LogP contribution in [0.1, 0.15) is 17.3 Å². The maximum Gasteiger partial charge on any atom is 0.257 e. The highest BCUT2D eigenvalue weighted by molar-refractivity contribution is 6.04. The van der Waals surface area contributed by atoms with Crippen LogP contribution in [0.25, 0.3) is 0 Å². The number of halogens is 1. The largest absolute Gasteiger partial charge is 0.497 e. The molecule has 1 fully saturated rings. The van der Waals surface area contributed by atoms with Gasteiger partial charge in [0.2, 0.25) is 5.91 Å². The number of nitrogens with zero attached hydrogens (tertiary/aromatic N) is 2. The first-order valence-electron chi connectivity index (χ1n) is 8.56. The fourth-order valence-electron chi connectivity index (χ4n) is 3.18. The number of benzene rings is 2. The highest BCUT2D eigenvalue weighted by Gasteiger charge is 2.37. The van der Waals surface area contributed by atoms with Gasteiger partial charge in [-0.15, -0.1) is 0 Å². The van der Waals surface area contributed by atoms with Crippen molar-refractivity contribution in [1.82, 2.24) is 4.90 Å². The Morgan fingerprint density at radius 1 is 1.11 bits per heavy atom. The van der Waals surface area contributed by atoms with Crippen molar-refractivity contribution in [2.45, 2.75) is 13.0 Å². The molecule has 2 aromatic carbocycles. The van der Waals surface area contributed by atoms with Crippen molar-refractivity contribution in [1.29, 1.82) is 0 Å².